The molecule has 1 aliphatic heterocycles. The van der Waals surface area contributed by atoms with Crippen LogP contribution < -0.4 is 4.90 Å². The number of halogens is 1. The van der Waals surface area contributed by atoms with Gasteiger partial charge in [-0.3, -0.25) is 0 Å². The van der Waals surface area contributed by atoms with E-state index in [0.29, 0.717) is 5.69 Å². The van der Waals surface area contributed by atoms with Gasteiger partial charge in [0.05, 0.1) is 0 Å². The van der Waals surface area contributed by atoms with Gasteiger partial charge in [-0.05, 0) is 30.9 Å². The fraction of sp³-hybridized carbons (Fsp3) is 0.500. The molecule has 0 N–H and O–H groups in total. The lowest BCUT2D eigenvalue weighted by molar-refractivity contribution is 0.573. The molecule has 4 nitrogen and oxygen atoms in total. The van der Waals surface area contributed by atoms with Crippen molar-refractivity contribution in [2.75, 3.05) is 18.0 Å². The second kappa shape index (κ2) is 4.45. The third-order valence-corrected chi connectivity index (χ3v) is 2.65. The highest BCUT2D eigenvalue weighted by Gasteiger charge is 2.13. The molecular weight excluding hydrogens is 212 g/mol. The molecule has 0 atom stereocenters. The summed E-state index contributed by atoms with van der Waals surface area (Å²) < 4.78 is 0. The van der Waals surface area contributed by atoms with Crippen molar-refractivity contribution in [2.24, 2.45) is 0 Å². The molecular formula is C10H11ClN4. The molecule has 0 spiro atoms. The summed E-state index contributed by atoms with van der Waals surface area (Å²) in [6.07, 6.45) is 3.60. The van der Waals surface area contributed by atoms with Crippen LogP contribution in [-0.4, -0.2) is 23.1 Å². The Labute approximate surface area is 93.5 Å². The van der Waals surface area contributed by atoms with Crippen molar-refractivity contribution >= 4 is 17.4 Å². The van der Waals surface area contributed by atoms with Gasteiger partial charge in [-0.2, -0.15) is 5.26 Å². The largest absolute Gasteiger partial charge is 0.356 e. The topological polar surface area (TPSA) is 52.8 Å². The first-order valence-electron chi connectivity index (χ1n) is 4.99. The van der Waals surface area contributed by atoms with Gasteiger partial charge in [0.1, 0.15) is 17.6 Å². The molecule has 15 heavy (non-hydrogen) atoms. The summed E-state index contributed by atoms with van der Waals surface area (Å²) in [5.74, 6) is 0.770. The maximum Gasteiger partial charge on any atom is 0.225 e. The van der Waals surface area contributed by atoms with Crippen LogP contribution in [0.25, 0.3) is 0 Å². The Morgan fingerprint density at radius 2 is 2.00 bits per heavy atom. The van der Waals surface area contributed by atoms with Gasteiger partial charge in [-0.15, -0.1) is 0 Å². The Balaban J connectivity index is 2.27. The van der Waals surface area contributed by atoms with E-state index in [-0.39, 0.29) is 5.28 Å². The lowest BCUT2D eigenvalue weighted by atomic mass is 10.1. The summed E-state index contributed by atoms with van der Waals surface area (Å²) in [4.78, 5) is 10.1. The average molecular weight is 223 g/mol. The summed E-state index contributed by atoms with van der Waals surface area (Å²) in [5.41, 5.74) is 0.329. The van der Waals surface area contributed by atoms with E-state index in [1.165, 1.54) is 19.3 Å². The number of hydrogen-bond donors (Lipinski definition) is 0. The zero-order chi connectivity index (χ0) is 10.7. The number of aromatic nitrogens is 2. The Morgan fingerprint density at radius 3 is 2.67 bits per heavy atom. The first-order valence-corrected chi connectivity index (χ1v) is 5.37. The molecule has 0 amide bonds. The second-order valence-corrected chi connectivity index (χ2v) is 3.88. The van der Waals surface area contributed by atoms with E-state index in [1.54, 1.807) is 6.07 Å². The third-order valence-electron chi connectivity index (χ3n) is 2.48. The maximum absolute atomic E-state index is 8.77. The summed E-state index contributed by atoms with van der Waals surface area (Å²) in [6, 6.07) is 3.68. The Bertz CT molecular complexity index is 393. The van der Waals surface area contributed by atoms with Crippen molar-refractivity contribution in [3.63, 3.8) is 0 Å². The maximum atomic E-state index is 8.77. The summed E-state index contributed by atoms with van der Waals surface area (Å²) in [6.45, 7) is 1.97. The predicted molar refractivity (Wildman–Crippen MR) is 57.8 cm³/mol. The van der Waals surface area contributed by atoms with Gasteiger partial charge in [0.25, 0.3) is 0 Å². The smallest absolute Gasteiger partial charge is 0.225 e. The van der Waals surface area contributed by atoms with Crippen LogP contribution in [0.5, 0.6) is 0 Å². The van der Waals surface area contributed by atoms with Gasteiger partial charge in [0.15, 0.2) is 0 Å². The van der Waals surface area contributed by atoms with Gasteiger partial charge in [0, 0.05) is 19.2 Å². The minimum Gasteiger partial charge on any atom is -0.356 e. The zero-order valence-corrected chi connectivity index (χ0v) is 9.04. The summed E-state index contributed by atoms with van der Waals surface area (Å²) in [7, 11) is 0. The van der Waals surface area contributed by atoms with Crippen LogP contribution in [0.3, 0.4) is 0 Å². The molecule has 0 unspecified atom stereocenters. The molecule has 0 saturated carbocycles. The van der Waals surface area contributed by atoms with Crippen molar-refractivity contribution in [2.45, 2.75) is 19.3 Å². The SMILES string of the molecule is N#Cc1cc(N2CCCCC2)nc(Cl)n1. The van der Waals surface area contributed by atoms with Crippen molar-refractivity contribution < 1.29 is 0 Å². The normalized spacial score (nSPS) is 16.1. The Morgan fingerprint density at radius 1 is 1.27 bits per heavy atom. The molecule has 0 aliphatic carbocycles. The van der Waals surface area contributed by atoms with E-state index in [1.807, 2.05) is 6.07 Å². The highest BCUT2D eigenvalue weighted by Crippen LogP contribution is 2.19. The second-order valence-electron chi connectivity index (χ2n) is 3.54. The standard InChI is InChI=1S/C10H11ClN4/c11-10-13-8(7-12)6-9(14-10)15-4-2-1-3-5-15/h6H,1-5H2. The van der Waals surface area contributed by atoms with Gasteiger partial charge in [-0.1, -0.05) is 0 Å². The molecule has 1 saturated heterocycles. The molecule has 1 fully saturated rings. The van der Waals surface area contributed by atoms with Crippen LogP contribution >= 0.6 is 11.6 Å². The number of hydrogen-bond acceptors (Lipinski definition) is 4. The highest BCUT2D eigenvalue weighted by atomic mass is 35.5. The van der Waals surface area contributed by atoms with Crippen LogP contribution in [0.15, 0.2) is 6.07 Å². The molecule has 0 radical (unpaired) electrons. The van der Waals surface area contributed by atoms with Crippen LogP contribution in [0, 0.1) is 11.3 Å². The molecule has 1 aromatic heterocycles. The Kier molecular flexibility index (Phi) is 3.02. The molecule has 2 rings (SSSR count). The van der Waals surface area contributed by atoms with E-state index in [0.717, 1.165) is 18.9 Å². The molecule has 0 bridgehead atoms. The summed E-state index contributed by atoms with van der Waals surface area (Å²) >= 11 is 5.75. The number of anilines is 1. The predicted octanol–water partition coefficient (Wildman–Crippen LogP) is 1.99. The minimum absolute atomic E-state index is 0.148. The van der Waals surface area contributed by atoms with Gasteiger partial charge < -0.3 is 4.90 Å². The minimum atomic E-state index is 0.148. The van der Waals surface area contributed by atoms with Crippen LogP contribution in [0.2, 0.25) is 5.28 Å². The van der Waals surface area contributed by atoms with Crippen molar-refractivity contribution in [3.8, 4) is 6.07 Å². The quantitative estimate of drug-likeness (QED) is 0.682. The fourth-order valence-electron chi connectivity index (χ4n) is 1.75. The zero-order valence-electron chi connectivity index (χ0n) is 8.28. The molecule has 2 heterocycles. The molecule has 1 aromatic rings. The molecule has 0 aromatic carbocycles. The lowest BCUT2D eigenvalue weighted by Gasteiger charge is -2.27. The number of nitriles is 1. The first-order chi connectivity index (χ1) is 7.29. The van der Waals surface area contributed by atoms with E-state index in [4.69, 9.17) is 16.9 Å². The van der Waals surface area contributed by atoms with Gasteiger partial charge in [0.2, 0.25) is 5.28 Å². The third kappa shape index (κ3) is 2.37. The number of nitrogens with zero attached hydrogens (tertiary/aromatic N) is 4. The fourth-order valence-corrected chi connectivity index (χ4v) is 1.93. The average Bonchev–Trinajstić information content (AvgIpc) is 2.29. The molecule has 78 valence electrons. The van der Waals surface area contributed by atoms with Crippen LogP contribution in [0.1, 0.15) is 25.0 Å². The Hall–Kier alpha value is -1.34. The number of rotatable bonds is 1. The summed E-state index contributed by atoms with van der Waals surface area (Å²) in [5, 5.41) is 8.92. The van der Waals surface area contributed by atoms with Gasteiger partial charge in [-0.25, -0.2) is 9.97 Å². The van der Waals surface area contributed by atoms with Crippen molar-refractivity contribution in [1.82, 2.24) is 9.97 Å². The van der Waals surface area contributed by atoms with E-state index in [9.17, 15) is 0 Å². The van der Waals surface area contributed by atoms with Crippen LogP contribution in [0.4, 0.5) is 5.82 Å². The van der Waals surface area contributed by atoms with Crippen LogP contribution in [-0.2, 0) is 0 Å². The molecule has 5 heteroatoms. The van der Waals surface area contributed by atoms with Crippen molar-refractivity contribution in [1.29, 1.82) is 5.26 Å². The van der Waals surface area contributed by atoms with Gasteiger partial charge >= 0.3 is 0 Å². The number of piperidine rings is 1. The monoisotopic (exact) mass is 222 g/mol. The van der Waals surface area contributed by atoms with E-state index in [2.05, 4.69) is 14.9 Å². The molecule has 1 aliphatic rings. The van der Waals surface area contributed by atoms with E-state index >= 15 is 0 Å². The first kappa shape index (κ1) is 10.2. The van der Waals surface area contributed by atoms with E-state index < -0.39 is 0 Å². The van der Waals surface area contributed by atoms with Crippen molar-refractivity contribution in [3.05, 3.63) is 17.0 Å². The lowest BCUT2D eigenvalue weighted by Crippen LogP contribution is -2.30. The highest BCUT2D eigenvalue weighted by molar-refractivity contribution is 6.28.